The van der Waals surface area contributed by atoms with E-state index in [1.807, 2.05) is 18.2 Å². The first-order chi connectivity index (χ1) is 12.2. The topological polar surface area (TPSA) is 30.5 Å². The van der Waals surface area contributed by atoms with Crippen molar-refractivity contribution in [3.05, 3.63) is 71.3 Å². The van der Waals surface area contributed by atoms with Gasteiger partial charge in [-0.25, -0.2) is 0 Å². The molecule has 0 aliphatic heterocycles. The maximum atomic E-state index is 6.38. The molecule has 0 heterocycles. The normalized spacial score (nSPS) is 11.3. The van der Waals surface area contributed by atoms with E-state index in [0.717, 1.165) is 18.4 Å². The lowest BCUT2D eigenvalue weighted by Gasteiger charge is -2.20. The van der Waals surface area contributed by atoms with Gasteiger partial charge in [0, 0.05) is 12.6 Å². The smallest absolute Gasteiger partial charge is 0.180 e. The molecule has 2 aromatic carbocycles. The van der Waals surface area contributed by atoms with Crippen molar-refractivity contribution < 1.29 is 9.47 Å². The zero-order chi connectivity index (χ0) is 18.1. The first-order valence-corrected chi connectivity index (χ1v) is 8.95. The minimum Gasteiger partial charge on any atom is -0.493 e. The molecule has 0 bridgehead atoms. The van der Waals surface area contributed by atoms with Gasteiger partial charge in [-0.05, 0) is 29.7 Å². The van der Waals surface area contributed by atoms with Crippen LogP contribution in [0.3, 0.4) is 0 Å². The Hall–Kier alpha value is -1.68. The largest absolute Gasteiger partial charge is 0.493 e. The molecule has 0 saturated carbocycles. The van der Waals surface area contributed by atoms with Gasteiger partial charge in [0.1, 0.15) is 6.61 Å². The second-order valence-corrected chi connectivity index (χ2v) is 6.25. The summed E-state index contributed by atoms with van der Waals surface area (Å²) in [4.78, 5) is 0. The van der Waals surface area contributed by atoms with Crippen molar-refractivity contribution in [2.45, 2.75) is 32.4 Å². The lowest BCUT2D eigenvalue weighted by Crippen LogP contribution is -2.20. The Morgan fingerprint density at radius 1 is 1.23 bits per heavy atom. The summed E-state index contributed by atoms with van der Waals surface area (Å²) in [5, 5.41) is 4.17. The highest BCUT2D eigenvalue weighted by Crippen LogP contribution is 2.36. The maximum absolute atomic E-state index is 6.38. The van der Waals surface area contributed by atoms with Crippen LogP contribution in [0.1, 0.15) is 36.9 Å². The van der Waals surface area contributed by atoms with Gasteiger partial charge in [-0.1, -0.05) is 67.9 Å². The Balaban J connectivity index is 0.00000338. The predicted molar refractivity (Wildman–Crippen MR) is 112 cm³/mol. The average molecular weight is 396 g/mol. The van der Waals surface area contributed by atoms with Crippen LogP contribution < -0.4 is 14.8 Å². The number of benzene rings is 2. The molecular formula is C21H27Cl2NO2. The van der Waals surface area contributed by atoms with Crippen LogP contribution in [0.25, 0.3) is 0 Å². The molecule has 1 unspecified atom stereocenters. The Morgan fingerprint density at radius 3 is 2.58 bits per heavy atom. The van der Waals surface area contributed by atoms with Crippen molar-refractivity contribution in [3.8, 4) is 11.5 Å². The fourth-order valence-electron chi connectivity index (χ4n) is 2.76. The summed E-state index contributed by atoms with van der Waals surface area (Å²) in [5.74, 6) is 1.19. The van der Waals surface area contributed by atoms with Gasteiger partial charge in [0.05, 0.1) is 12.1 Å². The van der Waals surface area contributed by atoms with Crippen LogP contribution in [0, 0.1) is 0 Å². The van der Waals surface area contributed by atoms with Gasteiger partial charge in [0.25, 0.3) is 0 Å². The van der Waals surface area contributed by atoms with Crippen molar-refractivity contribution in [2.75, 3.05) is 13.7 Å². The van der Waals surface area contributed by atoms with Crippen LogP contribution in [-0.2, 0) is 6.54 Å². The van der Waals surface area contributed by atoms with Gasteiger partial charge in [0.15, 0.2) is 11.5 Å². The predicted octanol–water partition coefficient (Wildman–Crippen LogP) is 5.97. The molecule has 1 atom stereocenters. The molecule has 0 fully saturated rings. The number of rotatable bonds is 10. The quantitative estimate of drug-likeness (QED) is 0.502. The molecule has 0 amide bonds. The van der Waals surface area contributed by atoms with Crippen LogP contribution in [0.4, 0.5) is 0 Å². The summed E-state index contributed by atoms with van der Waals surface area (Å²) in [5.41, 5.74) is 2.36. The highest BCUT2D eigenvalue weighted by Gasteiger charge is 2.14. The minimum atomic E-state index is 0. The monoisotopic (exact) mass is 395 g/mol. The number of halogens is 2. The molecule has 0 saturated heterocycles. The van der Waals surface area contributed by atoms with Crippen molar-refractivity contribution >= 4 is 24.0 Å². The fourth-order valence-corrected chi connectivity index (χ4v) is 3.05. The first-order valence-electron chi connectivity index (χ1n) is 8.58. The van der Waals surface area contributed by atoms with Gasteiger partial charge in [-0.3, -0.25) is 0 Å². The highest BCUT2D eigenvalue weighted by molar-refractivity contribution is 6.32. The van der Waals surface area contributed by atoms with Gasteiger partial charge < -0.3 is 14.8 Å². The third-order valence-electron chi connectivity index (χ3n) is 3.97. The lowest BCUT2D eigenvalue weighted by atomic mass is 10.0. The standard InChI is InChI=1S/C21H26ClNO2.ClH/c1-4-9-19(17-10-7-6-8-11-17)23-15-16-13-18(22)21(25-12-5-2)20(14-16)24-3;/h5-8,10-11,13-14,19,23H,2,4,9,12,15H2,1,3H3;1H. The minimum absolute atomic E-state index is 0. The van der Waals surface area contributed by atoms with Crippen molar-refractivity contribution in [3.63, 3.8) is 0 Å². The maximum Gasteiger partial charge on any atom is 0.180 e. The van der Waals surface area contributed by atoms with Crippen molar-refractivity contribution in [1.29, 1.82) is 0 Å². The van der Waals surface area contributed by atoms with Crippen molar-refractivity contribution in [2.24, 2.45) is 0 Å². The van der Waals surface area contributed by atoms with Crippen molar-refractivity contribution in [1.82, 2.24) is 5.32 Å². The summed E-state index contributed by atoms with van der Waals surface area (Å²) < 4.78 is 11.0. The van der Waals surface area contributed by atoms with Gasteiger partial charge in [-0.2, -0.15) is 0 Å². The van der Waals surface area contributed by atoms with Crippen LogP contribution >= 0.6 is 24.0 Å². The van der Waals surface area contributed by atoms with Gasteiger partial charge in [0.2, 0.25) is 0 Å². The molecular weight excluding hydrogens is 369 g/mol. The first kappa shape index (κ1) is 22.4. The molecule has 0 aliphatic rings. The van der Waals surface area contributed by atoms with Crippen LogP contribution in [-0.4, -0.2) is 13.7 Å². The molecule has 5 heteroatoms. The Bertz CT molecular complexity index is 677. The number of methoxy groups -OCH3 is 1. The molecule has 142 valence electrons. The van der Waals surface area contributed by atoms with E-state index < -0.39 is 0 Å². The van der Waals surface area contributed by atoms with Crippen LogP contribution in [0.15, 0.2) is 55.1 Å². The van der Waals surface area contributed by atoms with E-state index >= 15 is 0 Å². The molecule has 26 heavy (non-hydrogen) atoms. The summed E-state index contributed by atoms with van der Waals surface area (Å²) in [6, 6.07) is 14.7. The number of ether oxygens (including phenoxy) is 2. The highest BCUT2D eigenvalue weighted by atomic mass is 35.5. The number of nitrogens with one attached hydrogen (secondary N) is 1. The summed E-state index contributed by atoms with van der Waals surface area (Å²) in [7, 11) is 1.62. The van der Waals surface area contributed by atoms with E-state index in [4.69, 9.17) is 21.1 Å². The van der Waals surface area contributed by atoms with Crippen LogP contribution in [0.2, 0.25) is 5.02 Å². The molecule has 3 nitrogen and oxygen atoms in total. The van der Waals surface area contributed by atoms with E-state index in [2.05, 4.69) is 43.1 Å². The van der Waals surface area contributed by atoms with E-state index in [-0.39, 0.29) is 12.4 Å². The Morgan fingerprint density at radius 2 is 1.96 bits per heavy atom. The zero-order valence-corrected chi connectivity index (χ0v) is 16.9. The molecule has 0 aliphatic carbocycles. The van der Waals surface area contributed by atoms with Gasteiger partial charge in [-0.15, -0.1) is 12.4 Å². The lowest BCUT2D eigenvalue weighted by molar-refractivity contribution is 0.326. The zero-order valence-electron chi connectivity index (χ0n) is 15.3. The molecule has 0 spiro atoms. The second kappa shape index (κ2) is 11.8. The Labute approximate surface area is 167 Å². The number of hydrogen-bond donors (Lipinski definition) is 1. The van der Waals surface area contributed by atoms with E-state index in [0.29, 0.717) is 35.7 Å². The van der Waals surface area contributed by atoms with Crippen LogP contribution in [0.5, 0.6) is 11.5 Å². The fraction of sp³-hybridized carbons (Fsp3) is 0.333. The molecule has 2 aromatic rings. The molecule has 0 aromatic heterocycles. The summed E-state index contributed by atoms with van der Waals surface area (Å²) in [6.07, 6.45) is 3.88. The van der Waals surface area contributed by atoms with E-state index in [1.165, 1.54) is 5.56 Å². The SMILES string of the molecule is C=CCOc1c(Cl)cc(CNC(CCC)c2ccccc2)cc1OC.Cl. The molecule has 1 N–H and O–H groups in total. The van der Waals surface area contributed by atoms with Gasteiger partial charge >= 0.3 is 0 Å². The average Bonchev–Trinajstić information content (AvgIpc) is 2.64. The summed E-state index contributed by atoms with van der Waals surface area (Å²) in [6.45, 7) is 6.95. The Kier molecular flexibility index (Phi) is 10.2. The number of hydrogen-bond acceptors (Lipinski definition) is 3. The third-order valence-corrected chi connectivity index (χ3v) is 4.25. The molecule has 2 rings (SSSR count). The van der Waals surface area contributed by atoms with E-state index in [9.17, 15) is 0 Å². The second-order valence-electron chi connectivity index (χ2n) is 5.84. The third kappa shape index (κ3) is 6.24. The summed E-state index contributed by atoms with van der Waals surface area (Å²) >= 11 is 6.38. The molecule has 0 radical (unpaired) electrons. The van der Waals surface area contributed by atoms with E-state index in [1.54, 1.807) is 13.2 Å².